The van der Waals surface area contributed by atoms with Gasteiger partial charge in [-0.25, -0.2) is 4.79 Å². The lowest BCUT2D eigenvalue weighted by atomic mass is 9.97. The molecule has 1 amide bonds. The van der Waals surface area contributed by atoms with Crippen molar-refractivity contribution in [1.82, 2.24) is 9.55 Å². The molecule has 0 fully saturated rings. The smallest absolute Gasteiger partial charge is 0.330 e. The van der Waals surface area contributed by atoms with Gasteiger partial charge in [-0.15, -0.1) is 0 Å². The molecule has 8 heteroatoms. The Labute approximate surface area is 163 Å². The lowest BCUT2D eigenvalue weighted by Crippen LogP contribution is -2.42. The molecule has 28 heavy (non-hydrogen) atoms. The Morgan fingerprint density at radius 2 is 1.96 bits per heavy atom. The number of carbonyl (C=O) groups is 1. The first-order valence-corrected chi connectivity index (χ1v) is 9.37. The lowest BCUT2D eigenvalue weighted by Gasteiger charge is -2.25. The standard InChI is InChI=1S/C20H28N4O4/c1-4-10-24-18(21)17(19(26)22-20(24)27)23(11-12-28-3)16(25)13-14(2)15-8-6-5-7-9-15/h5-9,14H,4,10-13,21H2,1-3H3,(H,22,26,27). The molecule has 0 aliphatic rings. The van der Waals surface area contributed by atoms with E-state index in [4.69, 9.17) is 10.5 Å². The third-order valence-electron chi connectivity index (χ3n) is 4.60. The molecular formula is C20H28N4O4. The normalized spacial score (nSPS) is 12.0. The van der Waals surface area contributed by atoms with Crippen LogP contribution < -0.4 is 21.9 Å². The van der Waals surface area contributed by atoms with E-state index in [0.29, 0.717) is 13.0 Å². The molecule has 1 heterocycles. The van der Waals surface area contributed by atoms with Crippen molar-refractivity contribution in [3.63, 3.8) is 0 Å². The molecule has 8 nitrogen and oxygen atoms in total. The van der Waals surface area contributed by atoms with E-state index < -0.39 is 11.2 Å². The van der Waals surface area contributed by atoms with Crippen LogP contribution in [0.15, 0.2) is 39.9 Å². The van der Waals surface area contributed by atoms with Crippen LogP contribution in [0.3, 0.4) is 0 Å². The molecule has 0 spiro atoms. The number of amides is 1. The van der Waals surface area contributed by atoms with Gasteiger partial charge in [0, 0.05) is 26.6 Å². The van der Waals surface area contributed by atoms with Crippen molar-refractivity contribution in [3.05, 3.63) is 56.7 Å². The second kappa shape index (κ2) is 9.89. The molecule has 0 aliphatic carbocycles. The number of H-pyrrole nitrogens is 1. The summed E-state index contributed by atoms with van der Waals surface area (Å²) in [4.78, 5) is 41.2. The second-order valence-corrected chi connectivity index (χ2v) is 6.70. The highest BCUT2D eigenvalue weighted by Gasteiger charge is 2.25. The van der Waals surface area contributed by atoms with Crippen molar-refractivity contribution in [2.45, 2.75) is 39.2 Å². The maximum absolute atomic E-state index is 13.1. The summed E-state index contributed by atoms with van der Waals surface area (Å²) in [6.07, 6.45) is 0.853. The van der Waals surface area contributed by atoms with E-state index in [9.17, 15) is 14.4 Å². The van der Waals surface area contributed by atoms with Crippen LogP contribution in [-0.4, -0.2) is 35.7 Å². The van der Waals surface area contributed by atoms with Crippen LogP contribution in [0.1, 0.15) is 38.2 Å². The molecular weight excluding hydrogens is 360 g/mol. The number of nitrogens with zero attached hydrogens (tertiary/aromatic N) is 2. The number of nitrogens with two attached hydrogens (primary N) is 1. The number of aromatic nitrogens is 2. The summed E-state index contributed by atoms with van der Waals surface area (Å²) < 4.78 is 6.38. The topological polar surface area (TPSA) is 110 Å². The minimum Gasteiger partial charge on any atom is -0.383 e. The molecule has 1 atom stereocenters. The van der Waals surface area contributed by atoms with E-state index >= 15 is 0 Å². The SMILES string of the molecule is CCCn1c(N)c(N(CCOC)C(=O)CC(C)c2ccccc2)c(=O)[nH]c1=O. The van der Waals surface area contributed by atoms with E-state index in [-0.39, 0.29) is 42.9 Å². The van der Waals surface area contributed by atoms with Crippen molar-refractivity contribution in [1.29, 1.82) is 0 Å². The summed E-state index contributed by atoms with van der Waals surface area (Å²) >= 11 is 0. The number of benzene rings is 1. The van der Waals surface area contributed by atoms with Gasteiger partial charge in [-0.2, -0.15) is 0 Å². The van der Waals surface area contributed by atoms with Crippen LogP contribution in [0.25, 0.3) is 0 Å². The zero-order chi connectivity index (χ0) is 20.7. The second-order valence-electron chi connectivity index (χ2n) is 6.70. The van der Waals surface area contributed by atoms with Crippen molar-refractivity contribution in [3.8, 4) is 0 Å². The fourth-order valence-corrected chi connectivity index (χ4v) is 3.10. The maximum Gasteiger partial charge on any atom is 0.330 e. The molecule has 1 aromatic heterocycles. The molecule has 152 valence electrons. The Kier molecular flexibility index (Phi) is 7.57. The Morgan fingerprint density at radius 1 is 1.29 bits per heavy atom. The van der Waals surface area contributed by atoms with Crippen LogP contribution >= 0.6 is 0 Å². The summed E-state index contributed by atoms with van der Waals surface area (Å²) in [6, 6.07) is 9.67. The number of nitrogen functional groups attached to an aromatic ring is 1. The first-order chi connectivity index (χ1) is 13.4. The van der Waals surface area contributed by atoms with Gasteiger partial charge in [0.1, 0.15) is 5.82 Å². The molecule has 0 bridgehead atoms. The van der Waals surface area contributed by atoms with Gasteiger partial charge in [0.2, 0.25) is 5.91 Å². The Morgan fingerprint density at radius 3 is 2.57 bits per heavy atom. The average Bonchev–Trinajstić information content (AvgIpc) is 2.68. The van der Waals surface area contributed by atoms with E-state index in [2.05, 4.69) is 4.98 Å². The van der Waals surface area contributed by atoms with Crippen molar-refractivity contribution >= 4 is 17.4 Å². The summed E-state index contributed by atoms with van der Waals surface area (Å²) in [6.45, 7) is 4.59. The zero-order valence-electron chi connectivity index (χ0n) is 16.6. The number of nitrogens with one attached hydrogen (secondary N) is 1. The molecule has 2 aromatic rings. The largest absolute Gasteiger partial charge is 0.383 e. The Bertz CT molecular complexity index is 905. The highest BCUT2D eigenvalue weighted by molar-refractivity contribution is 5.96. The van der Waals surface area contributed by atoms with Crippen LogP contribution in [0.4, 0.5) is 11.5 Å². The number of hydrogen-bond acceptors (Lipinski definition) is 5. The first-order valence-electron chi connectivity index (χ1n) is 9.37. The summed E-state index contributed by atoms with van der Waals surface area (Å²) in [7, 11) is 1.51. The number of rotatable bonds is 9. The number of anilines is 2. The van der Waals surface area contributed by atoms with Gasteiger partial charge in [0.25, 0.3) is 5.56 Å². The van der Waals surface area contributed by atoms with Crippen molar-refractivity contribution in [2.75, 3.05) is 30.9 Å². The Hall–Kier alpha value is -2.87. The van der Waals surface area contributed by atoms with Gasteiger partial charge in [-0.1, -0.05) is 44.2 Å². The molecule has 0 saturated carbocycles. The fourth-order valence-electron chi connectivity index (χ4n) is 3.10. The minimum atomic E-state index is -0.674. The third-order valence-corrected chi connectivity index (χ3v) is 4.60. The molecule has 3 N–H and O–H groups in total. The molecule has 0 aliphatic heterocycles. The molecule has 1 unspecified atom stereocenters. The zero-order valence-corrected chi connectivity index (χ0v) is 16.6. The van der Waals surface area contributed by atoms with E-state index in [1.807, 2.05) is 44.2 Å². The highest BCUT2D eigenvalue weighted by atomic mass is 16.5. The monoisotopic (exact) mass is 388 g/mol. The van der Waals surface area contributed by atoms with E-state index in [1.54, 1.807) is 0 Å². The van der Waals surface area contributed by atoms with Crippen molar-refractivity contribution < 1.29 is 9.53 Å². The number of carbonyl (C=O) groups excluding carboxylic acids is 1. The minimum absolute atomic E-state index is 0.00429. The number of ether oxygens (including phenoxy) is 1. The third kappa shape index (κ3) is 4.89. The van der Waals surface area contributed by atoms with E-state index in [0.717, 1.165) is 5.56 Å². The van der Waals surface area contributed by atoms with Gasteiger partial charge < -0.3 is 15.4 Å². The lowest BCUT2D eigenvalue weighted by molar-refractivity contribution is -0.119. The quantitative estimate of drug-likeness (QED) is 0.679. The number of aromatic amines is 1. The molecule has 0 radical (unpaired) electrons. The van der Waals surface area contributed by atoms with Crippen LogP contribution in [-0.2, 0) is 16.1 Å². The van der Waals surface area contributed by atoms with Crippen molar-refractivity contribution in [2.24, 2.45) is 0 Å². The predicted molar refractivity (Wildman–Crippen MR) is 110 cm³/mol. The van der Waals surface area contributed by atoms with Crippen LogP contribution in [0.5, 0.6) is 0 Å². The van der Waals surface area contributed by atoms with Gasteiger partial charge in [0.15, 0.2) is 5.69 Å². The Balaban J connectivity index is 2.40. The molecule has 1 aromatic carbocycles. The summed E-state index contributed by atoms with van der Waals surface area (Å²) in [5.41, 5.74) is 5.90. The first kappa shape index (κ1) is 21.4. The summed E-state index contributed by atoms with van der Waals surface area (Å²) in [5, 5.41) is 0. The predicted octanol–water partition coefficient (Wildman–Crippen LogP) is 1.70. The number of hydrogen-bond donors (Lipinski definition) is 2. The van der Waals surface area contributed by atoms with Gasteiger partial charge in [-0.05, 0) is 17.9 Å². The highest BCUT2D eigenvalue weighted by Crippen LogP contribution is 2.23. The summed E-state index contributed by atoms with van der Waals surface area (Å²) in [5.74, 6) is -0.305. The van der Waals surface area contributed by atoms with Crippen LogP contribution in [0.2, 0.25) is 0 Å². The van der Waals surface area contributed by atoms with Gasteiger partial charge >= 0.3 is 5.69 Å². The van der Waals surface area contributed by atoms with Gasteiger partial charge in [0.05, 0.1) is 6.61 Å². The molecule has 0 saturated heterocycles. The average molecular weight is 388 g/mol. The van der Waals surface area contributed by atoms with Gasteiger partial charge in [-0.3, -0.25) is 19.1 Å². The van der Waals surface area contributed by atoms with E-state index in [1.165, 1.54) is 16.6 Å². The fraction of sp³-hybridized carbons (Fsp3) is 0.450. The molecule has 2 rings (SSSR count). The number of methoxy groups -OCH3 is 1. The maximum atomic E-state index is 13.1. The van der Waals surface area contributed by atoms with Crippen LogP contribution in [0, 0.1) is 0 Å².